The first kappa shape index (κ1) is 16.8. The largest absolute Gasteiger partial charge is 0.439 e. The molecule has 0 heterocycles. The maximum atomic E-state index is 12.0. The molecule has 3 nitrogen and oxygen atoms in total. The molecule has 0 aliphatic carbocycles. The van der Waals surface area contributed by atoms with Gasteiger partial charge in [0.25, 0.3) is 6.10 Å². The van der Waals surface area contributed by atoms with E-state index >= 15 is 0 Å². The van der Waals surface area contributed by atoms with Gasteiger partial charge in [-0.2, -0.15) is 26.3 Å². The lowest BCUT2D eigenvalue weighted by Gasteiger charge is -2.23. The molecule has 18 heavy (non-hydrogen) atoms. The van der Waals surface area contributed by atoms with Crippen molar-refractivity contribution in [2.45, 2.75) is 37.9 Å². The number of aliphatic hydroxyl groups excluding tert-OH is 1. The number of aliphatic hydroxyl groups is 1. The van der Waals surface area contributed by atoms with Crippen LogP contribution in [0.2, 0.25) is 0 Å². The van der Waals surface area contributed by atoms with Gasteiger partial charge in [-0.1, -0.05) is 13.5 Å². The topological polar surface area (TPSA) is 46.5 Å². The average Bonchev–Trinajstić information content (AvgIpc) is 2.19. The zero-order valence-electron chi connectivity index (χ0n) is 9.10. The number of carbonyl (C=O) groups is 1. The molecular weight excluding hydrogens is 270 g/mol. The van der Waals surface area contributed by atoms with Gasteiger partial charge in [0.1, 0.15) is 0 Å². The van der Waals surface area contributed by atoms with Crippen LogP contribution in [0.3, 0.4) is 0 Å². The van der Waals surface area contributed by atoms with E-state index in [1.807, 2.05) is 0 Å². The summed E-state index contributed by atoms with van der Waals surface area (Å²) in [6, 6.07) is 0. The molecule has 0 fully saturated rings. The minimum atomic E-state index is -5.79. The Balaban J connectivity index is 4.93. The molecular formula is C9H10F6O3. The molecule has 0 bridgehead atoms. The SMILES string of the molecule is C=C(C(=O)OC(C(F)(F)F)C(F)(F)F)[C@H](O)CC. The molecule has 1 atom stereocenters. The Kier molecular flexibility index (Phi) is 5.21. The van der Waals surface area contributed by atoms with Gasteiger partial charge in [0.2, 0.25) is 0 Å². The molecule has 0 spiro atoms. The summed E-state index contributed by atoms with van der Waals surface area (Å²) in [7, 11) is 0. The summed E-state index contributed by atoms with van der Waals surface area (Å²) in [4.78, 5) is 11.0. The molecule has 0 aliphatic heterocycles. The Hall–Kier alpha value is -1.25. The Bertz CT molecular complexity index is 305. The van der Waals surface area contributed by atoms with Crippen LogP contribution in [-0.4, -0.2) is 35.6 Å². The number of esters is 1. The third-order valence-corrected chi connectivity index (χ3v) is 1.87. The van der Waals surface area contributed by atoms with Gasteiger partial charge < -0.3 is 9.84 Å². The van der Waals surface area contributed by atoms with Crippen LogP contribution in [0.25, 0.3) is 0 Å². The predicted molar refractivity (Wildman–Crippen MR) is 47.4 cm³/mol. The van der Waals surface area contributed by atoms with Crippen LogP contribution in [0.4, 0.5) is 26.3 Å². The fourth-order valence-electron chi connectivity index (χ4n) is 0.884. The van der Waals surface area contributed by atoms with Crippen LogP contribution >= 0.6 is 0 Å². The second kappa shape index (κ2) is 5.59. The second-order valence-electron chi connectivity index (χ2n) is 3.32. The van der Waals surface area contributed by atoms with Gasteiger partial charge in [-0.3, -0.25) is 0 Å². The standard InChI is InChI=1S/C9H10F6O3/c1-3-5(16)4(2)6(17)18-7(8(10,11)12)9(13,14)15/h5,7,16H,2-3H2,1H3/t5-/m1/s1. The van der Waals surface area contributed by atoms with Crippen molar-refractivity contribution in [3.63, 3.8) is 0 Å². The van der Waals surface area contributed by atoms with E-state index in [2.05, 4.69) is 11.3 Å². The minimum absolute atomic E-state index is 0.101. The zero-order chi connectivity index (χ0) is 14.7. The average molecular weight is 280 g/mol. The van der Waals surface area contributed by atoms with Crippen molar-refractivity contribution in [2.24, 2.45) is 0 Å². The van der Waals surface area contributed by atoms with Crippen LogP contribution in [0.5, 0.6) is 0 Å². The van der Waals surface area contributed by atoms with E-state index < -0.39 is 36.1 Å². The van der Waals surface area contributed by atoms with Crippen molar-refractivity contribution in [2.75, 3.05) is 0 Å². The van der Waals surface area contributed by atoms with Crippen LogP contribution in [0, 0.1) is 0 Å². The quantitative estimate of drug-likeness (QED) is 0.488. The molecule has 0 amide bonds. The van der Waals surface area contributed by atoms with Gasteiger partial charge in [0, 0.05) is 0 Å². The molecule has 9 heteroatoms. The van der Waals surface area contributed by atoms with Crippen molar-refractivity contribution in [3.05, 3.63) is 12.2 Å². The van der Waals surface area contributed by atoms with Crippen LogP contribution in [0.1, 0.15) is 13.3 Å². The molecule has 0 saturated carbocycles. The Morgan fingerprint density at radius 3 is 1.89 bits per heavy atom. The monoisotopic (exact) mass is 280 g/mol. The Labute approximate surface area is 98.0 Å². The van der Waals surface area contributed by atoms with E-state index in [9.17, 15) is 31.1 Å². The number of hydrogen-bond donors (Lipinski definition) is 1. The molecule has 1 N–H and O–H groups in total. The highest BCUT2D eigenvalue weighted by atomic mass is 19.4. The fraction of sp³-hybridized carbons (Fsp3) is 0.667. The number of alkyl halides is 6. The molecule has 106 valence electrons. The Morgan fingerprint density at radius 2 is 1.61 bits per heavy atom. The van der Waals surface area contributed by atoms with Crippen molar-refractivity contribution < 1.29 is 41.0 Å². The maximum Gasteiger partial charge on any atom is 0.434 e. The first-order valence-electron chi connectivity index (χ1n) is 4.62. The molecule has 0 aromatic heterocycles. The van der Waals surface area contributed by atoms with Crippen LogP contribution in [-0.2, 0) is 9.53 Å². The van der Waals surface area contributed by atoms with E-state index in [0.717, 1.165) is 0 Å². The predicted octanol–water partition coefficient (Wildman–Crippen LogP) is 2.35. The van der Waals surface area contributed by atoms with Crippen LogP contribution < -0.4 is 0 Å². The number of carbonyl (C=O) groups excluding carboxylic acids is 1. The fourth-order valence-corrected chi connectivity index (χ4v) is 0.884. The maximum absolute atomic E-state index is 12.0. The van der Waals surface area contributed by atoms with Crippen molar-refractivity contribution in [1.29, 1.82) is 0 Å². The smallest absolute Gasteiger partial charge is 0.434 e. The zero-order valence-corrected chi connectivity index (χ0v) is 9.10. The Morgan fingerprint density at radius 1 is 1.22 bits per heavy atom. The van der Waals surface area contributed by atoms with Gasteiger partial charge in [-0.25, -0.2) is 4.79 Å². The molecule has 0 aromatic carbocycles. The van der Waals surface area contributed by atoms with E-state index in [-0.39, 0.29) is 6.42 Å². The molecule has 0 saturated heterocycles. The van der Waals surface area contributed by atoms with E-state index in [4.69, 9.17) is 5.11 Å². The summed E-state index contributed by atoms with van der Waals surface area (Å²) in [6.45, 7) is 4.24. The summed E-state index contributed by atoms with van der Waals surface area (Å²) in [6.07, 6.45) is -17.5. The van der Waals surface area contributed by atoms with Gasteiger partial charge in [-0.05, 0) is 6.42 Å². The third kappa shape index (κ3) is 4.55. The van der Waals surface area contributed by atoms with Gasteiger partial charge in [-0.15, -0.1) is 0 Å². The van der Waals surface area contributed by atoms with Gasteiger partial charge >= 0.3 is 18.3 Å². The third-order valence-electron chi connectivity index (χ3n) is 1.87. The van der Waals surface area contributed by atoms with Gasteiger partial charge in [0.05, 0.1) is 11.7 Å². The number of halogens is 6. The summed E-state index contributed by atoms with van der Waals surface area (Å²) < 4.78 is 75.5. The van der Waals surface area contributed by atoms with E-state index in [1.165, 1.54) is 6.92 Å². The molecule has 0 unspecified atom stereocenters. The normalized spacial score (nSPS) is 14.5. The summed E-state index contributed by atoms with van der Waals surface area (Å²) in [5.41, 5.74) is -0.865. The first-order chi connectivity index (χ1) is 7.91. The minimum Gasteiger partial charge on any atom is -0.439 e. The molecule has 0 aromatic rings. The lowest BCUT2D eigenvalue weighted by molar-refractivity contribution is -0.312. The number of rotatable bonds is 4. The number of hydrogen-bond acceptors (Lipinski definition) is 3. The van der Waals surface area contributed by atoms with Crippen molar-refractivity contribution in [1.82, 2.24) is 0 Å². The number of ether oxygens (including phenoxy) is 1. The van der Waals surface area contributed by atoms with Crippen molar-refractivity contribution in [3.8, 4) is 0 Å². The molecule has 0 aliphatic rings. The summed E-state index contributed by atoms with van der Waals surface area (Å²) in [5, 5.41) is 9.05. The highest BCUT2D eigenvalue weighted by molar-refractivity contribution is 5.89. The van der Waals surface area contributed by atoms with Crippen LogP contribution in [0.15, 0.2) is 12.2 Å². The molecule has 0 rings (SSSR count). The highest BCUT2D eigenvalue weighted by Crippen LogP contribution is 2.36. The first-order valence-corrected chi connectivity index (χ1v) is 4.62. The summed E-state index contributed by atoms with van der Waals surface area (Å²) in [5.74, 6) is -1.94. The summed E-state index contributed by atoms with van der Waals surface area (Å²) >= 11 is 0. The molecule has 0 radical (unpaired) electrons. The van der Waals surface area contributed by atoms with E-state index in [1.54, 1.807) is 0 Å². The lowest BCUT2D eigenvalue weighted by atomic mass is 10.1. The van der Waals surface area contributed by atoms with Gasteiger partial charge in [0.15, 0.2) is 0 Å². The lowest BCUT2D eigenvalue weighted by Crippen LogP contribution is -2.46. The van der Waals surface area contributed by atoms with Crippen molar-refractivity contribution >= 4 is 5.97 Å². The van der Waals surface area contributed by atoms with E-state index in [0.29, 0.717) is 0 Å². The highest BCUT2D eigenvalue weighted by Gasteiger charge is 2.60. The second-order valence-corrected chi connectivity index (χ2v) is 3.32.